The number of nitrogens with zero attached hydrogens (tertiary/aromatic N) is 3. The Hall–Kier alpha value is -3.74. The molecule has 0 bridgehead atoms. The first kappa shape index (κ1) is 19.2. The Labute approximate surface area is 177 Å². The Bertz CT molecular complexity index is 1320. The number of halogens is 2. The number of methoxy groups -OCH3 is 1. The van der Waals surface area contributed by atoms with E-state index in [0.29, 0.717) is 30.6 Å². The highest BCUT2D eigenvalue weighted by atomic mass is 19.1. The highest BCUT2D eigenvalue weighted by Gasteiger charge is 2.27. The smallest absolute Gasteiger partial charge is 0.258 e. The van der Waals surface area contributed by atoms with E-state index < -0.39 is 5.82 Å². The van der Waals surface area contributed by atoms with Crippen molar-refractivity contribution >= 4 is 16.7 Å². The van der Waals surface area contributed by atoms with Gasteiger partial charge in [0.15, 0.2) is 0 Å². The van der Waals surface area contributed by atoms with Crippen LogP contribution in [0.5, 0.6) is 5.75 Å². The molecule has 0 aliphatic carbocycles. The minimum Gasteiger partial charge on any atom is -0.496 e. The molecule has 4 aromatic rings. The summed E-state index contributed by atoms with van der Waals surface area (Å²) in [6.07, 6.45) is 1.77. The van der Waals surface area contributed by atoms with Crippen molar-refractivity contribution in [2.75, 3.05) is 13.7 Å². The minimum absolute atomic E-state index is 0.206. The van der Waals surface area contributed by atoms with Crippen molar-refractivity contribution in [2.24, 2.45) is 0 Å². The largest absolute Gasteiger partial charge is 0.496 e. The van der Waals surface area contributed by atoms with Gasteiger partial charge in [-0.2, -0.15) is 0 Å². The Morgan fingerprint density at radius 1 is 1.03 bits per heavy atom. The lowest BCUT2D eigenvalue weighted by Crippen LogP contribution is -2.38. The van der Waals surface area contributed by atoms with Gasteiger partial charge in [0.2, 0.25) is 0 Å². The third kappa shape index (κ3) is 3.22. The molecule has 1 amide bonds. The fourth-order valence-electron chi connectivity index (χ4n) is 4.15. The summed E-state index contributed by atoms with van der Waals surface area (Å²) in [5.74, 6) is -0.0112. The average molecular weight is 419 g/mol. The zero-order valence-corrected chi connectivity index (χ0v) is 16.8. The Balaban J connectivity index is 1.48. The molecule has 5 rings (SSSR count). The van der Waals surface area contributed by atoms with Crippen LogP contribution in [0.2, 0.25) is 0 Å². The van der Waals surface area contributed by atoms with Crippen LogP contribution in [0.3, 0.4) is 0 Å². The second-order valence-electron chi connectivity index (χ2n) is 7.42. The molecule has 0 saturated heterocycles. The molecular formula is C24H19F2N3O2. The highest BCUT2D eigenvalue weighted by Crippen LogP contribution is 2.32. The molecule has 2 heterocycles. The summed E-state index contributed by atoms with van der Waals surface area (Å²) >= 11 is 0. The van der Waals surface area contributed by atoms with Crippen LogP contribution < -0.4 is 4.74 Å². The van der Waals surface area contributed by atoms with E-state index in [2.05, 4.69) is 9.55 Å². The van der Waals surface area contributed by atoms with Crippen LogP contribution in [0.1, 0.15) is 16.2 Å². The van der Waals surface area contributed by atoms with E-state index in [1.807, 2.05) is 18.2 Å². The predicted octanol–water partition coefficient (Wildman–Crippen LogP) is 4.65. The van der Waals surface area contributed by atoms with Crippen molar-refractivity contribution in [3.63, 3.8) is 0 Å². The molecule has 31 heavy (non-hydrogen) atoms. The first-order valence-corrected chi connectivity index (χ1v) is 9.91. The van der Waals surface area contributed by atoms with Gasteiger partial charge in [-0.3, -0.25) is 4.79 Å². The summed E-state index contributed by atoms with van der Waals surface area (Å²) < 4.78 is 35.0. The van der Waals surface area contributed by atoms with E-state index in [9.17, 15) is 13.6 Å². The number of carbonyl (C=O) groups excluding carboxylic acids is 1. The van der Waals surface area contributed by atoms with Crippen LogP contribution in [0.15, 0.2) is 60.8 Å². The van der Waals surface area contributed by atoms with Gasteiger partial charge in [0.25, 0.3) is 5.91 Å². The van der Waals surface area contributed by atoms with Crippen LogP contribution in [-0.2, 0) is 13.1 Å². The summed E-state index contributed by atoms with van der Waals surface area (Å²) in [5.41, 5.74) is 2.10. The van der Waals surface area contributed by atoms with Crippen LogP contribution >= 0.6 is 0 Å². The zero-order chi connectivity index (χ0) is 21.5. The number of rotatable bonds is 3. The highest BCUT2D eigenvalue weighted by molar-refractivity contribution is 5.97. The standard InChI is InChI=1S/C24H19F2N3O2/c1-31-22-12-15(25)6-7-19(22)24(30)28-10-11-29-21(13-27-23(29)14-28)18-8-9-20(26)17-5-3-2-4-16(17)18/h2-9,12-13H,10-11,14H2,1H3. The van der Waals surface area contributed by atoms with Gasteiger partial charge in [-0.15, -0.1) is 0 Å². The van der Waals surface area contributed by atoms with E-state index in [1.54, 1.807) is 23.2 Å². The van der Waals surface area contributed by atoms with Crippen LogP contribution in [0.4, 0.5) is 8.78 Å². The second-order valence-corrected chi connectivity index (χ2v) is 7.42. The second kappa shape index (κ2) is 7.50. The number of ether oxygens (including phenoxy) is 1. The van der Waals surface area contributed by atoms with Gasteiger partial charge in [-0.25, -0.2) is 13.8 Å². The summed E-state index contributed by atoms with van der Waals surface area (Å²) in [5, 5.41) is 1.38. The third-order valence-electron chi connectivity index (χ3n) is 5.69. The number of fused-ring (bicyclic) bond motifs is 2. The molecule has 3 aromatic carbocycles. The number of hydrogen-bond acceptors (Lipinski definition) is 3. The Morgan fingerprint density at radius 2 is 1.84 bits per heavy atom. The molecule has 156 valence electrons. The lowest BCUT2D eigenvalue weighted by molar-refractivity contribution is 0.0704. The molecule has 0 radical (unpaired) electrons. The van der Waals surface area contributed by atoms with Gasteiger partial charge in [-0.05, 0) is 29.7 Å². The molecule has 1 aliphatic heterocycles. The summed E-state index contributed by atoms with van der Waals surface area (Å²) in [4.78, 5) is 19.2. The molecule has 1 aromatic heterocycles. The maximum atomic E-state index is 14.2. The molecule has 0 spiro atoms. The minimum atomic E-state index is -0.459. The van der Waals surface area contributed by atoms with E-state index in [0.717, 1.165) is 22.5 Å². The van der Waals surface area contributed by atoms with Gasteiger partial charge in [0.1, 0.15) is 23.2 Å². The normalized spacial score (nSPS) is 13.3. The maximum Gasteiger partial charge on any atom is 0.258 e. The summed E-state index contributed by atoms with van der Waals surface area (Å²) in [6.45, 7) is 1.33. The monoisotopic (exact) mass is 419 g/mol. The number of aromatic nitrogens is 2. The van der Waals surface area contributed by atoms with Crippen molar-refractivity contribution in [1.82, 2.24) is 14.5 Å². The van der Waals surface area contributed by atoms with Crippen molar-refractivity contribution in [3.05, 3.63) is 83.8 Å². The maximum absolute atomic E-state index is 14.2. The number of hydrogen-bond donors (Lipinski definition) is 0. The predicted molar refractivity (Wildman–Crippen MR) is 113 cm³/mol. The SMILES string of the molecule is COc1cc(F)ccc1C(=O)N1CCn2c(-c3ccc(F)c4ccccc34)cnc2C1. The first-order valence-electron chi connectivity index (χ1n) is 9.91. The molecule has 0 atom stereocenters. The summed E-state index contributed by atoms with van der Waals surface area (Å²) in [7, 11) is 1.41. The van der Waals surface area contributed by atoms with Crippen LogP contribution in [0.25, 0.3) is 22.0 Å². The van der Waals surface area contributed by atoms with E-state index in [-0.39, 0.29) is 17.5 Å². The number of amides is 1. The molecular weight excluding hydrogens is 400 g/mol. The molecule has 0 unspecified atom stereocenters. The van der Waals surface area contributed by atoms with Crippen molar-refractivity contribution in [1.29, 1.82) is 0 Å². The van der Waals surface area contributed by atoms with Crippen molar-refractivity contribution in [2.45, 2.75) is 13.1 Å². The Morgan fingerprint density at radius 3 is 2.65 bits per heavy atom. The van der Waals surface area contributed by atoms with Crippen LogP contribution in [-0.4, -0.2) is 34.0 Å². The van der Waals surface area contributed by atoms with Gasteiger partial charge in [0.05, 0.1) is 31.1 Å². The Kier molecular flexibility index (Phi) is 4.66. The fraction of sp³-hybridized carbons (Fsp3) is 0.167. The van der Waals surface area contributed by atoms with E-state index in [4.69, 9.17) is 4.74 Å². The van der Waals surface area contributed by atoms with E-state index in [1.165, 1.54) is 31.4 Å². The van der Waals surface area contributed by atoms with E-state index >= 15 is 0 Å². The zero-order valence-electron chi connectivity index (χ0n) is 16.8. The topological polar surface area (TPSA) is 47.4 Å². The van der Waals surface area contributed by atoms with Crippen molar-refractivity contribution in [3.8, 4) is 17.0 Å². The van der Waals surface area contributed by atoms with Crippen LogP contribution in [0, 0.1) is 11.6 Å². The average Bonchev–Trinajstić information content (AvgIpc) is 3.22. The van der Waals surface area contributed by atoms with Gasteiger partial charge in [-0.1, -0.05) is 24.3 Å². The van der Waals surface area contributed by atoms with Gasteiger partial charge >= 0.3 is 0 Å². The molecule has 0 fully saturated rings. The number of carbonyl (C=O) groups is 1. The fourth-order valence-corrected chi connectivity index (χ4v) is 4.15. The number of benzene rings is 3. The third-order valence-corrected chi connectivity index (χ3v) is 5.69. The molecule has 0 N–H and O–H groups in total. The lowest BCUT2D eigenvalue weighted by Gasteiger charge is -2.29. The molecule has 5 nitrogen and oxygen atoms in total. The van der Waals surface area contributed by atoms with Crippen molar-refractivity contribution < 1.29 is 18.3 Å². The molecule has 7 heteroatoms. The summed E-state index contributed by atoms with van der Waals surface area (Å²) in [6, 6.07) is 14.5. The quantitative estimate of drug-likeness (QED) is 0.486. The number of imidazole rings is 1. The van der Waals surface area contributed by atoms with Gasteiger partial charge in [0, 0.05) is 30.1 Å². The molecule has 0 saturated carbocycles. The molecule has 1 aliphatic rings. The first-order chi connectivity index (χ1) is 15.1. The van der Waals surface area contributed by atoms with Gasteiger partial charge < -0.3 is 14.2 Å². The lowest BCUT2D eigenvalue weighted by atomic mass is 10.0.